The third-order valence-corrected chi connectivity index (χ3v) is 1.94. The molecule has 2 rings (SSSR count). The van der Waals surface area contributed by atoms with Gasteiger partial charge in [-0.25, -0.2) is 0 Å². The summed E-state index contributed by atoms with van der Waals surface area (Å²) in [5.41, 5.74) is 0. The minimum atomic E-state index is -0.610. The first-order valence-corrected chi connectivity index (χ1v) is 4.08. The molecule has 1 aliphatic rings. The van der Waals surface area contributed by atoms with E-state index in [4.69, 9.17) is 4.74 Å². The topological polar surface area (TPSA) is 94.5 Å². The average molecular weight is 200 g/mol. The maximum Gasteiger partial charge on any atom is 0.458 e. The number of ether oxygens (including phenoxy) is 1. The van der Waals surface area contributed by atoms with Crippen LogP contribution in [0.25, 0.3) is 0 Å². The van der Waals surface area contributed by atoms with Crippen LogP contribution >= 0.6 is 0 Å². The van der Waals surface area contributed by atoms with Crippen LogP contribution in [-0.2, 0) is 4.74 Å². The lowest BCUT2D eigenvalue weighted by atomic mass is 10.4. The molecule has 0 saturated carbocycles. The Morgan fingerprint density at radius 1 is 1.36 bits per heavy atom. The van der Waals surface area contributed by atoms with Crippen molar-refractivity contribution in [2.45, 2.75) is 0 Å². The van der Waals surface area contributed by atoms with Gasteiger partial charge in [-0.05, 0) is 4.92 Å². The van der Waals surface area contributed by atoms with Crippen molar-refractivity contribution in [2.75, 3.05) is 31.2 Å². The molecule has 0 bridgehead atoms. The van der Waals surface area contributed by atoms with Crippen LogP contribution in [0, 0.1) is 10.1 Å². The highest BCUT2D eigenvalue weighted by Gasteiger charge is 2.28. The second-order valence-corrected chi connectivity index (χ2v) is 2.77. The summed E-state index contributed by atoms with van der Waals surface area (Å²) in [5, 5.41) is 17.2. The normalized spacial score (nSPS) is 17.0. The molecular formula is C6H8N4O4. The molecule has 14 heavy (non-hydrogen) atoms. The number of rotatable bonds is 2. The predicted octanol–water partition coefficient (Wildman–Crippen LogP) is -0.186. The average Bonchev–Trinajstić information content (AvgIpc) is 2.67. The monoisotopic (exact) mass is 200 g/mol. The van der Waals surface area contributed by atoms with Gasteiger partial charge in [0.05, 0.1) is 13.2 Å². The van der Waals surface area contributed by atoms with Crippen LogP contribution in [0.1, 0.15) is 0 Å². The van der Waals surface area contributed by atoms with E-state index in [0.29, 0.717) is 26.3 Å². The van der Waals surface area contributed by atoms with Crippen LogP contribution < -0.4 is 4.90 Å². The Bertz CT molecular complexity index is 332. The molecule has 0 spiro atoms. The van der Waals surface area contributed by atoms with Crippen molar-refractivity contribution in [3.05, 3.63) is 10.1 Å². The van der Waals surface area contributed by atoms with Crippen LogP contribution in [0.2, 0.25) is 0 Å². The van der Waals surface area contributed by atoms with E-state index in [1.165, 1.54) is 0 Å². The second kappa shape index (κ2) is 3.58. The van der Waals surface area contributed by atoms with E-state index in [9.17, 15) is 10.1 Å². The molecule has 2 heterocycles. The fourth-order valence-electron chi connectivity index (χ4n) is 1.27. The van der Waals surface area contributed by atoms with Crippen LogP contribution in [0.15, 0.2) is 4.63 Å². The maximum absolute atomic E-state index is 10.5. The highest BCUT2D eigenvalue weighted by molar-refractivity contribution is 5.51. The van der Waals surface area contributed by atoms with Gasteiger partial charge in [0.15, 0.2) is 5.16 Å². The number of hydrogen-bond donors (Lipinski definition) is 0. The summed E-state index contributed by atoms with van der Waals surface area (Å²) < 4.78 is 9.44. The molecule has 0 aliphatic carbocycles. The zero-order valence-corrected chi connectivity index (χ0v) is 7.25. The van der Waals surface area contributed by atoms with Gasteiger partial charge in [-0.2, -0.15) is 0 Å². The lowest BCUT2D eigenvalue weighted by Gasteiger charge is -2.24. The standard InChI is InChI=1S/C6H8N4O4/c11-10(12)6-5(7-14-8-6)9-1-3-13-4-2-9/h1-4H2. The summed E-state index contributed by atoms with van der Waals surface area (Å²) in [4.78, 5) is 11.6. The minimum absolute atomic E-state index is 0.179. The number of morpholine rings is 1. The Labute approximate surface area is 78.5 Å². The Morgan fingerprint density at radius 2 is 2.07 bits per heavy atom. The Kier molecular flexibility index (Phi) is 2.27. The zero-order chi connectivity index (χ0) is 9.97. The Balaban J connectivity index is 2.21. The van der Waals surface area contributed by atoms with E-state index in [-0.39, 0.29) is 11.6 Å². The van der Waals surface area contributed by atoms with E-state index in [2.05, 4.69) is 14.9 Å². The third kappa shape index (κ3) is 1.51. The number of nitrogens with zero attached hydrogens (tertiary/aromatic N) is 4. The van der Waals surface area contributed by atoms with Crippen molar-refractivity contribution < 1.29 is 14.3 Å². The molecule has 0 N–H and O–H groups in total. The fourth-order valence-corrected chi connectivity index (χ4v) is 1.27. The van der Waals surface area contributed by atoms with Gasteiger partial charge in [0.1, 0.15) is 0 Å². The van der Waals surface area contributed by atoms with Gasteiger partial charge in [0, 0.05) is 18.2 Å². The minimum Gasteiger partial charge on any atom is -0.378 e. The van der Waals surface area contributed by atoms with Crippen molar-refractivity contribution in [1.82, 2.24) is 10.3 Å². The molecule has 0 atom stereocenters. The summed E-state index contributed by atoms with van der Waals surface area (Å²) in [6.45, 7) is 2.19. The van der Waals surface area contributed by atoms with Crippen molar-refractivity contribution in [1.29, 1.82) is 0 Å². The molecule has 0 amide bonds. The van der Waals surface area contributed by atoms with E-state index in [1.54, 1.807) is 4.90 Å². The molecule has 1 aromatic heterocycles. The van der Waals surface area contributed by atoms with Gasteiger partial charge in [-0.3, -0.25) is 0 Å². The van der Waals surface area contributed by atoms with Gasteiger partial charge >= 0.3 is 5.82 Å². The number of nitro groups is 1. The summed E-state index contributed by atoms with van der Waals surface area (Å²) in [7, 11) is 0. The first kappa shape index (κ1) is 8.88. The van der Waals surface area contributed by atoms with E-state index in [0.717, 1.165) is 0 Å². The van der Waals surface area contributed by atoms with E-state index < -0.39 is 4.92 Å². The molecule has 8 nitrogen and oxygen atoms in total. The molecule has 1 aromatic rings. The summed E-state index contributed by atoms with van der Waals surface area (Å²) in [5.74, 6) is -0.162. The van der Waals surface area contributed by atoms with Crippen LogP contribution in [0.4, 0.5) is 11.6 Å². The second-order valence-electron chi connectivity index (χ2n) is 2.77. The lowest BCUT2D eigenvalue weighted by molar-refractivity contribution is -0.390. The summed E-state index contributed by atoms with van der Waals surface area (Å²) in [6.07, 6.45) is 0. The summed E-state index contributed by atoms with van der Waals surface area (Å²) >= 11 is 0. The molecule has 1 saturated heterocycles. The van der Waals surface area contributed by atoms with Crippen molar-refractivity contribution in [2.24, 2.45) is 0 Å². The molecule has 0 aromatic carbocycles. The van der Waals surface area contributed by atoms with Gasteiger partial charge < -0.3 is 19.8 Å². The largest absolute Gasteiger partial charge is 0.458 e. The summed E-state index contributed by atoms with van der Waals surface area (Å²) in [6, 6.07) is 0. The van der Waals surface area contributed by atoms with Gasteiger partial charge in [0.25, 0.3) is 5.82 Å². The Morgan fingerprint density at radius 3 is 2.71 bits per heavy atom. The molecule has 1 fully saturated rings. The van der Waals surface area contributed by atoms with E-state index in [1.807, 2.05) is 0 Å². The maximum atomic E-state index is 10.5. The van der Waals surface area contributed by atoms with Crippen LogP contribution in [0.5, 0.6) is 0 Å². The number of aromatic nitrogens is 2. The Hall–Kier alpha value is -1.70. The molecular weight excluding hydrogens is 192 g/mol. The van der Waals surface area contributed by atoms with Crippen LogP contribution in [0.3, 0.4) is 0 Å². The molecule has 1 aliphatic heterocycles. The molecule has 76 valence electrons. The SMILES string of the molecule is O=[N+]([O-])c1nonc1N1CCOCC1. The first-order chi connectivity index (χ1) is 6.79. The predicted molar refractivity (Wildman–Crippen MR) is 44.0 cm³/mol. The molecule has 8 heteroatoms. The quantitative estimate of drug-likeness (QED) is 0.482. The van der Waals surface area contributed by atoms with Crippen molar-refractivity contribution >= 4 is 11.6 Å². The highest BCUT2D eigenvalue weighted by Crippen LogP contribution is 2.23. The van der Waals surface area contributed by atoms with Gasteiger partial charge in [0.2, 0.25) is 0 Å². The number of anilines is 1. The zero-order valence-electron chi connectivity index (χ0n) is 7.25. The lowest BCUT2D eigenvalue weighted by Crippen LogP contribution is -2.36. The van der Waals surface area contributed by atoms with Crippen molar-refractivity contribution in [3.63, 3.8) is 0 Å². The highest BCUT2D eigenvalue weighted by atomic mass is 16.6. The first-order valence-electron chi connectivity index (χ1n) is 4.08. The van der Waals surface area contributed by atoms with Crippen molar-refractivity contribution in [3.8, 4) is 0 Å². The van der Waals surface area contributed by atoms with Gasteiger partial charge in [-0.1, -0.05) is 0 Å². The molecule has 0 radical (unpaired) electrons. The fraction of sp³-hybridized carbons (Fsp3) is 0.667. The van der Waals surface area contributed by atoms with Crippen LogP contribution in [-0.4, -0.2) is 41.5 Å². The third-order valence-electron chi connectivity index (χ3n) is 1.94. The number of hydrogen-bond acceptors (Lipinski definition) is 7. The smallest absolute Gasteiger partial charge is 0.378 e. The van der Waals surface area contributed by atoms with E-state index >= 15 is 0 Å². The molecule has 0 unspecified atom stereocenters. The van der Waals surface area contributed by atoms with Gasteiger partial charge in [-0.15, -0.1) is 4.63 Å².